The molecule has 2 aliphatic rings. The first kappa shape index (κ1) is 31.9. The highest BCUT2D eigenvalue weighted by Gasteiger charge is 2.30. The summed E-state index contributed by atoms with van der Waals surface area (Å²) in [4.78, 5) is 44.5. The minimum Gasteiger partial charge on any atom is -0.296 e. The highest BCUT2D eigenvalue weighted by Crippen LogP contribution is 2.13. The fourth-order valence-electron chi connectivity index (χ4n) is 1.80. The Hall–Kier alpha value is -1.76. The Bertz CT molecular complexity index is 467. The highest BCUT2D eigenvalue weighted by molar-refractivity contribution is 5.99. The molecule has 7 nitrogen and oxygen atoms in total. The van der Waals surface area contributed by atoms with Gasteiger partial charge in [0, 0.05) is 18.4 Å². The Morgan fingerprint density at radius 3 is 1.10 bits per heavy atom. The van der Waals surface area contributed by atoms with Crippen LogP contribution in [0, 0.1) is 5.41 Å². The van der Waals surface area contributed by atoms with E-state index in [1.165, 1.54) is 0 Å². The van der Waals surface area contributed by atoms with Crippen molar-refractivity contribution in [2.24, 2.45) is 5.41 Å². The SMILES string of the molecule is CC.CC.CC(C)(C)C.CC(C)(C)N1CC(=O)NC(=O)C1.O=C1CCCC(=O)N1. The number of nitrogens with zero attached hydrogens (tertiary/aromatic N) is 1. The number of amides is 4. The Labute approximate surface area is 178 Å². The molecule has 172 valence electrons. The van der Waals surface area contributed by atoms with Crippen LogP contribution in [0.5, 0.6) is 0 Å². The molecule has 0 spiro atoms. The van der Waals surface area contributed by atoms with Gasteiger partial charge in [0.25, 0.3) is 0 Å². The van der Waals surface area contributed by atoms with Crippen molar-refractivity contribution in [1.82, 2.24) is 15.5 Å². The summed E-state index contributed by atoms with van der Waals surface area (Å²) in [6.07, 6.45) is 1.72. The van der Waals surface area contributed by atoms with Gasteiger partial charge in [0.2, 0.25) is 23.6 Å². The number of hydrogen-bond donors (Lipinski definition) is 2. The molecule has 0 aromatic rings. The summed E-state index contributed by atoms with van der Waals surface area (Å²) in [6.45, 7) is 23.3. The number of rotatable bonds is 0. The molecule has 2 aliphatic heterocycles. The molecule has 0 saturated carbocycles. The molecule has 0 atom stereocenters. The number of nitrogens with one attached hydrogen (secondary N) is 2. The fraction of sp³-hybridized carbons (Fsp3) is 0.818. The molecule has 0 radical (unpaired) electrons. The van der Waals surface area contributed by atoms with Crippen LogP contribution in [-0.2, 0) is 19.2 Å². The molecular weight excluding hydrogens is 370 g/mol. The van der Waals surface area contributed by atoms with Gasteiger partial charge >= 0.3 is 0 Å². The van der Waals surface area contributed by atoms with E-state index in [9.17, 15) is 19.2 Å². The molecular formula is C22H45N3O4. The van der Waals surface area contributed by atoms with Crippen LogP contribution in [0.15, 0.2) is 0 Å². The summed E-state index contributed by atoms with van der Waals surface area (Å²) in [5.41, 5.74) is 0.382. The van der Waals surface area contributed by atoms with E-state index in [0.29, 0.717) is 37.8 Å². The number of carbonyl (C=O) groups is 4. The maximum Gasteiger partial charge on any atom is 0.240 e. The minimum atomic E-state index is -0.207. The predicted octanol–water partition coefficient (Wildman–Crippen LogP) is 3.66. The summed E-state index contributed by atoms with van der Waals surface area (Å²) in [5.74, 6) is -0.690. The third kappa shape index (κ3) is 22.4. The molecule has 2 N–H and O–H groups in total. The Balaban J connectivity index is -0.000000345. The second kappa shape index (κ2) is 16.1. The highest BCUT2D eigenvalue weighted by atomic mass is 16.2. The lowest BCUT2D eigenvalue weighted by molar-refractivity contribution is -0.138. The first-order valence-corrected chi connectivity index (χ1v) is 10.6. The number of carbonyl (C=O) groups excluding carboxylic acids is 4. The lowest BCUT2D eigenvalue weighted by atomic mass is 10.0. The molecule has 2 rings (SSSR count). The first-order valence-electron chi connectivity index (χ1n) is 10.6. The van der Waals surface area contributed by atoms with Crippen LogP contribution in [0.25, 0.3) is 0 Å². The molecule has 0 aliphatic carbocycles. The number of hydrogen-bond acceptors (Lipinski definition) is 5. The smallest absolute Gasteiger partial charge is 0.240 e. The van der Waals surface area contributed by atoms with Crippen molar-refractivity contribution in [3.63, 3.8) is 0 Å². The van der Waals surface area contributed by atoms with Crippen molar-refractivity contribution in [3.8, 4) is 0 Å². The topological polar surface area (TPSA) is 95.6 Å². The summed E-state index contributed by atoms with van der Waals surface area (Å²) in [6, 6.07) is 0. The van der Waals surface area contributed by atoms with Gasteiger partial charge in [-0.05, 0) is 32.6 Å². The molecule has 2 heterocycles. The second-order valence-electron chi connectivity index (χ2n) is 8.82. The standard InChI is InChI=1S/C8H14N2O2.C5H7NO2.C5H12.2C2H6/c1-8(2,3)10-4-6(11)9-7(12)5-10;7-4-2-1-3-5(8)6-4;1-5(2,3)4;2*1-2/h4-5H2,1-3H3,(H,9,11,12);1-3H2,(H,6,7,8);1-4H3;2*1-2H3. The maximum atomic E-state index is 11.0. The number of piperazine rings is 1. The molecule has 0 aromatic carbocycles. The predicted molar refractivity (Wildman–Crippen MR) is 119 cm³/mol. The van der Waals surface area contributed by atoms with Gasteiger partial charge in [-0.2, -0.15) is 0 Å². The Morgan fingerprint density at radius 2 is 0.897 bits per heavy atom. The largest absolute Gasteiger partial charge is 0.296 e. The van der Waals surface area contributed by atoms with Gasteiger partial charge in [-0.1, -0.05) is 55.4 Å². The zero-order valence-electron chi connectivity index (χ0n) is 20.6. The molecule has 2 saturated heterocycles. The van der Waals surface area contributed by atoms with Gasteiger partial charge < -0.3 is 0 Å². The monoisotopic (exact) mass is 415 g/mol. The molecule has 7 heteroatoms. The van der Waals surface area contributed by atoms with Gasteiger partial charge in [-0.3, -0.25) is 34.7 Å². The van der Waals surface area contributed by atoms with Gasteiger partial charge in [0.1, 0.15) is 0 Å². The zero-order chi connectivity index (χ0) is 23.8. The molecule has 0 aromatic heterocycles. The van der Waals surface area contributed by atoms with Crippen LogP contribution in [0.1, 0.15) is 95.4 Å². The third-order valence-electron chi connectivity index (χ3n) is 2.98. The van der Waals surface area contributed by atoms with E-state index >= 15 is 0 Å². The second-order valence-corrected chi connectivity index (χ2v) is 8.82. The third-order valence-corrected chi connectivity index (χ3v) is 2.98. The average Bonchev–Trinajstić information content (AvgIpc) is 2.56. The first-order chi connectivity index (χ1) is 13.2. The Kier molecular flexibility index (Phi) is 17.7. The lowest BCUT2D eigenvalue weighted by Crippen LogP contribution is -2.57. The quantitative estimate of drug-likeness (QED) is 0.589. The van der Waals surface area contributed by atoms with Crippen LogP contribution in [0.3, 0.4) is 0 Å². The van der Waals surface area contributed by atoms with Gasteiger partial charge in [0.15, 0.2) is 0 Å². The van der Waals surface area contributed by atoms with E-state index < -0.39 is 0 Å². The van der Waals surface area contributed by atoms with Gasteiger partial charge in [0.05, 0.1) is 13.1 Å². The van der Waals surface area contributed by atoms with E-state index in [-0.39, 0.29) is 29.2 Å². The summed E-state index contributed by atoms with van der Waals surface area (Å²) in [7, 11) is 0. The van der Waals surface area contributed by atoms with Crippen molar-refractivity contribution in [2.75, 3.05) is 13.1 Å². The number of imide groups is 2. The molecule has 0 unspecified atom stereocenters. The van der Waals surface area contributed by atoms with E-state index in [2.05, 4.69) is 38.3 Å². The van der Waals surface area contributed by atoms with Crippen LogP contribution in [-0.4, -0.2) is 47.2 Å². The van der Waals surface area contributed by atoms with Crippen LogP contribution in [0.4, 0.5) is 0 Å². The van der Waals surface area contributed by atoms with E-state index in [4.69, 9.17) is 0 Å². The van der Waals surface area contributed by atoms with Crippen molar-refractivity contribution in [2.45, 2.75) is 101 Å². The van der Waals surface area contributed by atoms with Crippen LogP contribution >= 0.6 is 0 Å². The van der Waals surface area contributed by atoms with Gasteiger partial charge in [-0.25, -0.2) is 0 Å². The molecule has 4 amide bonds. The van der Waals surface area contributed by atoms with E-state index in [1.54, 1.807) is 0 Å². The van der Waals surface area contributed by atoms with Crippen molar-refractivity contribution in [1.29, 1.82) is 0 Å². The normalized spacial score (nSPS) is 16.8. The fourth-order valence-corrected chi connectivity index (χ4v) is 1.80. The maximum absolute atomic E-state index is 11.0. The Morgan fingerprint density at radius 1 is 0.621 bits per heavy atom. The van der Waals surface area contributed by atoms with Crippen LogP contribution in [0.2, 0.25) is 0 Å². The van der Waals surface area contributed by atoms with E-state index in [0.717, 1.165) is 0 Å². The molecule has 2 fully saturated rings. The minimum absolute atomic E-state index is 0.118. The molecule has 0 bridgehead atoms. The van der Waals surface area contributed by atoms with Crippen LogP contribution < -0.4 is 10.6 Å². The molecule has 29 heavy (non-hydrogen) atoms. The van der Waals surface area contributed by atoms with Gasteiger partial charge in [-0.15, -0.1) is 0 Å². The number of piperidine rings is 1. The average molecular weight is 416 g/mol. The summed E-state index contributed by atoms with van der Waals surface area (Å²) < 4.78 is 0. The van der Waals surface area contributed by atoms with E-state index in [1.807, 2.05) is 53.4 Å². The van der Waals surface area contributed by atoms with Crippen molar-refractivity contribution in [3.05, 3.63) is 0 Å². The van der Waals surface area contributed by atoms with Crippen molar-refractivity contribution < 1.29 is 19.2 Å². The zero-order valence-corrected chi connectivity index (χ0v) is 20.6. The summed E-state index contributed by atoms with van der Waals surface area (Å²) in [5, 5.41) is 4.46. The van der Waals surface area contributed by atoms with Crippen molar-refractivity contribution >= 4 is 23.6 Å². The summed E-state index contributed by atoms with van der Waals surface area (Å²) >= 11 is 0. The lowest BCUT2D eigenvalue weighted by Gasteiger charge is -2.36.